The Labute approximate surface area is 279 Å². The van der Waals surface area contributed by atoms with E-state index in [0.29, 0.717) is 12.8 Å². The van der Waals surface area contributed by atoms with E-state index in [1.54, 1.807) is 41.3 Å². The third-order valence-electron chi connectivity index (χ3n) is 9.89. The summed E-state index contributed by atoms with van der Waals surface area (Å²) in [5, 5.41) is 54.1. The molecule has 4 aromatic carbocycles. The summed E-state index contributed by atoms with van der Waals surface area (Å²) in [6.07, 6.45) is -1.72. The molecule has 2 amide bonds. The minimum atomic E-state index is -1.09. The van der Waals surface area contributed by atoms with Gasteiger partial charge in [0.2, 0.25) is 11.8 Å². The quantitative estimate of drug-likeness (QED) is 0.135. The Balaban J connectivity index is 1.35. The second kappa shape index (κ2) is 14.2. The predicted octanol–water partition coefficient (Wildman–Crippen LogP) is 3.89. The van der Waals surface area contributed by atoms with Crippen LogP contribution < -0.4 is 5.73 Å². The molecule has 250 valence electrons. The van der Waals surface area contributed by atoms with E-state index in [-0.39, 0.29) is 43.1 Å². The Morgan fingerprint density at radius 1 is 0.667 bits per heavy atom. The van der Waals surface area contributed by atoms with Crippen LogP contribution in [-0.4, -0.2) is 60.6 Å². The Hall–Kier alpha value is -4.70. The number of aliphatic hydroxyl groups excluding tert-OH is 3. The third-order valence-corrected chi connectivity index (χ3v) is 9.89. The van der Waals surface area contributed by atoms with E-state index < -0.39 is 48.1 Å². The maximum absolute atomic E-state index is 15.1. The van der Waals surface area contributed by atoms with Crippen LogP contribution in [0.2, 0.25) is 0 Å². The van der Waals surface area contributed by atoms with Crippen molar-refractivity contribution in [2.24, 2.45) is 17.6 Å². The highest BCUT2D eigenvalue weighted by Crippen LogP contribution is 2.46. The molecule has 0 spiro atoms. The zero-order valence-electron chi connectivity index (χ0n) is 26.6. The standard InChI is InChI=1S/C39H42N2O7/c40-38(47)27(17-23-9-13-29(42)14-10-23)19-31(44)20-28(18-24-11-15-30(43)16-12-24)39(48)41(36-32-7-3-1-5-25(32)21-34(36)45)37-33-8-4-2-6-26(33)22-35(37)46/h1-16,27-28,31,34-37,42-46H,17-22H2,(H2,40,47)/t27?,28-,31-,34-,35-,36+,37+/m1/s1. The molecule has 0 heterocycles. The van der Waals surface area contributed by atoms with Crippen LogP contribution in [0.4, 0.5) is 0 Å². The summed E-state index contributed by atoms with van der Waals surface area (Å²) in [6, 6.07) is 26.8. The number of aliphatic hydroxyl groups is 3. The van der Waals surface area contributed by atoms with Gasteiger partial charge >= 0.3 is 0 Å². The number of fused-ring (bicyclic) bond motifs is 2. The lowest BCUT2D eigenvalue weighted by Crippen LogP contribution is -2.48. The lowest BCUT2D eigenvalue weighted by Gasteiger charge is -2.41. The van der Waals surface area contributed by atoms with Crippen molar-refractivity contribution >= 4 is 11.8 Å². The molecule has 7 N–H and O–H groups in total. The van der Waals surface area contributed by atoms with Crippen molar-refractivity contribution in [1.82, 2.24) is 4.90 Å². The molecule has 0 saturated heterocycles. The number of hydrogen-bond acceptors (Lipinski definition) is 7. The number of phenolic OH excluding ortho intramolecular Hbond substituents is 2. The molecule has 0 aliphatic heterocycles. The van der Waals surface area contributed by atoms with E-state index in [2.05, 4.69) is 0 Å². The van der Waals surface area contributed by atoms with E-state index >= 15 is 4.79 Å². The number of hydrogen-bond donors (Lipinski definition) is 6. The molecule has 9 heteroatoms. The first kappa shape index (κ1) is 33.2. The number of nitrogens with zero attached hydrogens (tertiary/aromatic N) is 1. The van der Waals surface area contributed by atoms with Crippen LogP contribution in [0.1, 0.15) is 58.3 Å². The number of phenols is 2. The molecule has 2 aliphatic rings. The first-order valence-corrected chi connectivity index (χ1v) is 16.5. The summed E-state index contributed by atoms with van der Waals surface area (Å²) in [6.45, 7) is 0. The Morgan fingerprint density at radius 2 is 1.08 bits per heavy atom. The van der Waals surface area contributed by atoms with Gasteiger partial charge in [-0.15, -0.1) is 0 Å². The molecule has 0 bridgehead atoms. The number of aromatic hydroxyl groups is 2. The highest BCUT2D eigenvalue weighted by Gasteiger charge is 2.47. The van der Waals surface area contributed by atoms with Crippen molar-refractivity contribution in [3.63, 3.8) is 0 Å². The van der Waals surface area contributed by atoms with E-state index in [1.165, 1.54) is 12.1 Å². The molecule has 0 fully saturated rings. The monoisotopic (exact) mass is 650 g/mol. The van der Waals surface area contributed by atoms with Crippen molar-refractivity contribution < 1.29 is 35.1 Å². The Kier molecular flexibility index (Phi) is 9.82. The largest absolute Gasteiger partial charge is 0.508 e. The maximum Gasteiger partial charge on any atom is 0.227 e. The van der Waals surface area contributed by atoms with Crippen molar-refractivity contribution in [1.29, 1.82) is 0 Å². The van der Waals surface area contributed by atoms with Gasteiger partial charge in [0.1, 0.15) is 11.5 Å². The van der Waals surface area contributed by atoms with Gasteiger partial charge in [-0.3, -0.25) is 9.59 Å². The molecule has 48 heavy (non-hydrogen) atoms. The minimum Gasteiger partial charge on any atom is -0.508 e. The number of nitrogens with two attached hydrogens (primary N) is 1. The Bertz CT molecular complexity index is 1680. The van der Waals surface area contributed by atoms with Gasteiger partial charge in [0.15, 0.2) is 0 Å². The van der Waals surface area contributed by atoms with Gasteiger partial charge in [-0.1, -0.05) is 72.8 Å². The van der Waals surface area contributed by atoms with Crippen LogP contribution in [0.25, 0.3) is 0 Å². The molecular formula is C39H42N2O7. The lowest BCUT2D eigenvalue weighted by molar-refractivity contribution is -0.148. The molecule has 6 rings (SSSR count). The summed E-state index contributed by atoms with van der Waals surface area (Å²) < 4.78 is 0. The molecule has 2 aliphatic carbocycles. The van der Waals surface area contributed by atoms with Crippen LogP contribution in [0.15, 0.2) is 97.1 Å². The number of primary amides is 1. The number of benzene rings is 4. The number of amides is 2. The van der Waals surface area contributed by atoms with Gasteiger partial charge in [-0.05, 0) is 83.3 Å². The number of carbonyl (C=O) groups is 2. The van der Waals surface area contributed by atoms with E-state index in [1.807, 2.05) is 48.5 Å². The second-order valence-corrected chi connectivity index (χ2v) is 13.2. The van der Waals surface area contributed by atoms with Gasteiger partial charge in [-0.25, -0.2) is 0 Å². The summed E-state index contributed by atoms with van der Waals surface area (Å²) in [5.41, 5.74) is 10.8. The normalized spacial score (nSPS) is 21.6. The fourth-order valence-electron chi connectivity index (χ4n) is 7.59. The van der Waals surface area contributed by atoms with Gasteiger partial charge in [0, 0.05) is 24.7 Å². The number of carbonyl (C=O) groups excluding carboxylic acids is 2. The van der Waals surface area contributed by atoms with Crippen molar-refractivity contribution in [3.05, 3.63) is 130 Å². The third kappa shape index (κ3) is 7.08. The van der Waals surface area contributed by atoms with Crippen molar-refractivity contribution in [3.8, 4) is 11.5 Å². The van der Waals surface area contributed by atoms with E-state index in [0.717, 1.165) is 33.4 Å². The smallest absolute Gasteiger partial charge is 0.227 e. The zero-order chi connectivity index (χ0) is 33.9. The minimum absolute atomic E-state index is 0.00943. The van der Waals surface area contributed by atoms with Crippen LogP contribution >= 0.6 is 0 Å². The highest BCUT2D eigenvalue weighted by atomic mass is 16.3. The van der Waals surface area contributed by atoms with Gasteiger partial charge in [0.25, 0.3) is 0 Å². The van der Waals surface area contributed by atoms with Crippen LogP contribution in [0.3, 0.4) is 0 Å². The SMILES string of the molecule is NC(=O)C(Cc1ccc(O)cc1)C[C@@H](O)C[C@@H](Cc1ccc(O)cc1)C(=O)N([C@H]1c2ccccc2C[C@H]1O)[C@H]1c2ccccc2C[C@H]1O. The second-order valence-electron chi connectivity index (χ2n) is 13.2. The lowest BCUT2D eigenvalue weighted by atomic mass is 9.85. The van der Waals surface area contributed by atoms with E-state index in [9.17, 15) is 30.3 Å². The number of rotatable bonds is 12. The van der Waals surface area contributed by atoms with Gasteiger partial charge < -0.3 is 36.2 Å². The zero-order valence-corrected chi connectivity index (χ0v) is 26.6. The summed E-state index contributed by atoms with van der Waals surface area (Å²) in [5.74, 6) is -2.28. The van der Waals surface area contributed by atoms with Crippen molar-refractivity contribution in [2.45, 2.75) is 68.9 Å². The average molecular weight is 651 g/mol. The molecule has 4 aromatic rings. The predicted molar refractivity (Wildman–Crippen MR) is 180 cm³/mol. The van der Waals surface area contributed by atoms with Crippen LogP contribution in [0.5, 0.6) is 11.5 Å². The van der Waals surface area contributed by atoms with Crippen LogP contribution in [-0.2, 0) is 35.3 Å². The maximum atomic E-state index is 15.1. The molecule has 9 nitrogen and oxygen atoms in total. The average Bonchev–Trinajstić information content (AvgIpc) is 3.58. The fraction of sp³-hybridized carbons (Fsp3) is 0.333. The van der Waals surface area contributed by atoms with Gasteiger partial charge in [0.05, 0.1) is 30.4 Å². The molecule has 1 unspecified atom stereocenters. The molecule has 0 aromatic heterocycles. The van der Waals surface area contributed by atoms with Crippen molar-refractivity contribution in [2.75, 3.05) is 0 Å². The summed E-state index contributed by atoms with van der Waals surface area (Å²) in [7, 11) is 0. The molecule has 0 saturated carbocycles. The molecule has 0 radical (unpaired) electrons. The Morgan fingerprint density at radius 3 is 1.54 bits per heavy atom. The first-order chi connectivity index (χ1) is 23.1. The highest BCUT2D eigenvalue weighted by molar-refractivity contribution is 5.81. The summed E-state index contributed by atoms with van der Waals surface area (Å²) in [4.78, 5) is 29.3. The summed E-state index contributed by atoms with van der Waals surface area (Å²) >= 11 is 0. The molecule has 7 atom stereocenters. The topological polar surface area (TPSA) is 165 Å². The fourth-order valence-corrected chi connectivity index (χ4v) is 7.59. The van der Waals surface area contributed by atoms with Gasteiger partial charge in [-0.2, -0.15) is 0 Å². The first-order valence-electron chi connectivity index (χ1n) is 16.5. The van der Waals surface area contributed by atoms with Crippen LogP contribution in [0, 0.1) is 11.8 Å². The molecular weight excluding hydrogens is 608 g/mol. The van der Waals surface area contributed by atoms with E-state index in [4.69, 9.17) is 5.73 Å².